The number of hydrogen-bond donors (Lipinski definition) is 2. The number of nitrogens with zero attached hydrogens (tertiary/aromatic N) is 2. The molecule has 2 aromatic carbocycles. The molecule has 0 aliphatic carbocycles. The van der Waals surface area contributed by atoms with Gasteiger partial charge in [0.15, 0.2) is 0 Å². The van der Waals surface area contributed by atoms with Crippen molar-refractivity contribution in [3.8, 4) is 5.75 Å². The van der Waals surface area contributed by atoms with Crippen molar-refractivity contribution in [3.05, 3.63) is 59.7 Å². The van der Waals surface area contributed by atoms with Crippen LogP contribution < -0.4 is 15.4 Å². The number of hydrogen-bond acceptors (Lipinski definition) is 6. The lowest BCUT2D eigenvalue weighted by Gasteiger charge is -2.32. The van der Waals surface area contributed by atoms with Crippen molar-refractivity contribution in [1.29, 1.82) is 0 Å². The lowest BCUT2D eigenvalue weighted by molar-refractivity contribution is -0.118. The lowest BCUT2D eigenvalue weighted by atomic mass is 10.1. The number of carbonyl (C=O) groups is 2. The van der Waals surface area contributed by atoms with E-state index in [1.807, 2.05) is 30.5 Å². The standard InChI is InChI=1S/C25H34N4O3S/c1-28-12-14-29(15-13-28)18-19-7-6-8-20(17-19)26-25(31)22(11-16-33-3)27-24(30)21-9-4-5-10-23(21)32-2/h4-10,17,22H,11-16,18H2,1-3H3,(H,26,31)(H,27,30). The van der Waals surface area contributed by atoms with Crippen LogP contribution in [0.3, 0.4) is 0 Å². The number of methoxy groups -OCH3 is 1. The molecule has 0 bridgehead atoms. The van der Waals surface area contributed by atoms with Crippen molar-refractivity contribution in [2.24, 2.45) is 0 Å². The molecule has 0 spiro atoms. The molecule has 1 atom stereocenters. The predicted molar refractivity (Wildman–Crippen MR) is 135 cm³/mol. The van der Waals surface area contributed by atoms with E-state index >= 15 is 0 Å². The number of amides is 2. The fourth-order valence-electron chi connectivity index (χ4n) is 3.81. The summed E-state index contributed by atoms with van der Waals surface area (Å²) >= 11 is 1.64. The number of ether oxygens (including phenoxy) is 1. The van der Waals surface area contributed by atoms with E-state index in [0.29, 0.717) is 17.7 Å². The Hall–Kier alpha value is -2.55. The third kappa shape index (κ3) is 7.48. The van der Waals surface area contributed by atoms with Gasteiger partial charge in [-0.15, -0.1) is 0 Å². The first-order valence-electron chi connectivity index (χ1n) is 11.2. The molecule has 8 heteroatoms. The molecular weight excluding hydrogens is 436 g/mol. The molecule has 178 valence electrons. The van der Waals surface area contributed by atoms with Crippen LogP contribution in [0.4, 0.5) is 5.69 Å². The van der Waals surface area contributed by atoms with E-state index < -0.39 is 6.04 Å². The van der Waals surface area contributed by atoms with Crippen LogP contribution in [-0.4, -0.2) is 80.0 Å². The summed E-state index contributed by atoms with van der Waals surface area (Å²) in [5.74, 6) is 0.700. The number of anilines is 1. The average molecular weight is 471 g/mol. The average Bonchev–Trinajstić information content (AvgIpc) is 2.83. The highest BCUT2D eigenvalue weighted by Crippen LogP contribution is 2.18. The van der Waals surface area contributed by atoms with Crippen molar-refractivity contribution in [2.45, 2.75) is 19.0 Å². The summed E-state index contributed by atoms with van der Waals surface area (Å²) in [6.07, 6.45) is 2.52. The number of rotatable bonds is 10. The first kappa shape index (κ1) is 25.1. The number of likely N-dealkylation sites (N-methyl/N-ethyl adjacent to an activating group) is 1. The highest BCUT2D eigenvalue weighted by molar-refractivity contribution is 7.98. The van der Waals surface area contributed by atoms with Gasteiger partial charge in [-0.25, -0.2) is 0 Å². The van der Waals surface area contributed by atoms with Gasteiger partial charge in [0.2, 0.25) is 5.91 Å². The summed E-state index contributed by atoms with van der Waals surface area (Å²) < 4.78 is 5.29. The number of para-hydroxylation sites is 1. The van der Waals surface area contributed by atoms with Gasteiger partial charge in [-0.05, 0) is 55.3 Å². The second-order valence-electron chi connectivity index (χ2n) is 8.28. The van der Waals surface area contributed by atoms with Crippen molar-refractivity contribution in [2.75, 3.05) is 57.7 Å². The minimum absolute atomic E-state index is 0.218. The van der Waals surface area contributed by atoms with Crippen molar-refractivity contribution >= 4 is 29.3 Å². The van der Waals surface area contributed by atoms with E-state index in [-0.39, 0.29) is 11.8 Å². The predicted octanol–water partition coefficient (Wildman–Crippen LogP) is 2.93. The summed E-state index contributed by atoms with van der Waals surface area (Å²) in [6, 6.07) is 14.3. The molecule has 1 aliphatic rings. The lowest BCUT2D eigenvalue weighted by Crippen LogP contribution is -2.44. The molecule has 2 aromatic rings. The third-order valence-electron chi connectivity index (χ3n) is 5.78. The maximum absolute atomic E-state index is 13.1. The van der Waals surface area contributed by atoms with Crippen molar-refractivity contribution in [1.82, 2.24) is 15.1 Å². The van der Waals surface area contributed by atoms with Gasteiger partial charge < -0.3 is 20.3 Å². The molecule has 0 saturated carbocycles. The minimum Gasteiger partial charge on any atom is -0.496 e. The number of piperazine rings is 1. The fourth-order valence-corrected chi connectivity index (χ4v) is 4.29. The Morgan fingerprint density at radius 3 is 2.58 bits per heavy atom. The first-order chi connectivity index (χ1) is 16.0. The Balaban J connectivity index is 1.65. The van der Waals surface area contributed by atoms with Crippen LogP contribution >= 0.6 is 11.8 Å². The Labute approximate surface area is 200 Å². The van der Waals surface area contributed by atoms with E-state index in [0.717, 1.165) is 49.7 Å². The summed E-state index contributed by atoms with van der Waals surface area (Å²) in [6.45, 7) is 5.08. The molecule has 7 nitrogen and oxygen atoms in total. The van der Waals surface area contributed by atoms with E-state index in [1.54, 1.807) is 30.0 Å². The quantitative estimate of drug-likeness (QED) is 0.556. The maximum Gasteiger partial charge on any atom is 0.255 e. The van der Waals surface area contributed by atoms with Crippen LogP contribution in [0.15, 0.2) is 48.5 Å². The Bertz CT molecular complexity index is 931. The Morgan fingerprint density at radius 1 is 1.09 bits per heavy atom. The summed E-state index contributed by atoms with van der Waals surface area (Å²) in [4.78, 5) is 30.7. The molecule has 0 radical (unpaired) electrons. The molecule has 1 aliphatic heterocycles. The van der Waals surface area contributed by atoms with Crippen LogP contribution in [0.5, 0.6) is 5.75 Å². The molecule has 2 amide bonds. The molecular formula is C25H34N4O3S. The highest BCUT2D eigenvalue weighted by atomic mass is 32.2. The van der Waals surface area contributed by atoms with Gasteiger partial charge in [-0.1, -0.05) is 24.3 Å². The van der Waals surface area contributed by atoms with Gasteiger partial charge in [0, 0.05) is 38.4 Å². The van der Waals surface area contributed by atoms with Crippen LogP contribution in [-0.2, 0) is 11.3 Å². The third-order valence-corrected chi connectivity index (χ3v) is 6.42. The molecule has 33 heavy (non-hydrogen) atoms. The molecule has 1 heterocycles. The topological polar surface area (TPSA) is 73.9 Å². The van der Waals surface area contributed by atoms with Crippen molar-refractivity contribution in [3.63, 3.8) is 0 Å². The van der Waals surface area contributed by atoms with Gasteiger partial charge in [0.1, 0.15) is 11.8 Å². The zero-order valence-corrected chi connectivity index (χ0v) is 20.5. The number of benzene rings is 2. The highest BCUT2D eigenvalue weighted by Gasteiger charge is 2.23. The molecule has 1 saturated heterocycles. The van der Waals surface area contributed by atoms with Crippen LogP contribution in [0.2, 0.25) is 0 Å². The number of thioether (sulfide) groups is 1. The van der Waals surface area contributed by atoms with Gasteiger partial charge in [-0.3, -0.25) is 14.5 Å². The Morgan fingerprint density at radius 2 is 1.85 bits per heavy atom. The van der Waals surface area contributed by atoms with Crippen molar-refractivity contribution < 1.29 is 14.3 Å². The van der Waals surface area contributed by atoms with Crippen LogP contribution in [0.1, 0.15) is 22.3 Å². The monoisotopic (exact) mass is 470 g/mol. The molecule has 1 unspecified atom stereocenters. The summed E-state index contributed by atoms with van der Waals surface area (Å²) in [7, 11) is 3.67. The fraction of sp³-hybridized carbons (Fsp3) is 0.440. The normalized spacial score (nSPS) is 15.6. The van der Waals surface area contributed by atoms with Crippen LogP contribution in [0.25, 0.3) is 0 Å². The van der Waals surface area contributed by atoms with E-state index in [2.05, 4.69) is 33.5 Å². The largest absolute Gasteiger partial charge is 0.496 e. The van der Waals surface area contributed by atoms with Crippen LogP contribution in [0, 0.1) is 0 Å². The van der Waals surface area contributed by atoms with E-state index in [9.17, 15) is 9.59 Å². The van der Waals surface area contributed by atoms with Gasteiger partial charge in [0.25, 0.3) is 5.91 Å². The zero-order valence-electron chi connectivity index (χ0n) is 19.7. The SMILES string of the molecule is COc1ccccc1C(=O)NC(CCSC)C(=O)Nc1cccc(CN2CCN(C)CC2)c1. The number of carbonyl (C=O) groups excluding carboxylic acids is 2. The second kappa shape index (κ2) is 12.6. The molecule has 0 aromatic heterocycles. The van der Waals surface area contributed by atoms with Gasteiger partial charge in [0.05, 0.1) is 12.7 Å². The van der Waals surface area contributed by atoms with E-state index in [4.69, 9.17) is 4.74 Å². The van der Waals surface area contributed by atoms with E-state index in [1.165, 1.54) is 7.11 Å². The smallest absolute Gasteiger partial charge is 0.255 e. The summed E-state index contributed by atoms with van der Waals surface area (Å²) in [5, 5.41) is 5.89. The number of nitrogens with one attached hydrogen (secondary N) is 2. The Kier molecular flexibility index (Phi) is 9.60. The second-order valence-corrected chi connectivity index (χ2v) is 9.26. The van der Waals surface area contributed by atoms with Gasteiger partial charge in [-0.2, -0.15) is 11.8 Å². The molecule has 2 N–H and O–H groups in total. The maximum atomic E-state index is 13.1. The van der Waals surface area contributed by atoms with Gasteiger partial charge >= 0.3 is 0 Å². The molecule has 3 rings (SSSR count). The summed E-state index contributed by atoms with van der Waals surface area (Å²) in [5.41, 5.74) is 2.32. The zero-order chi connectivity index (χ0) is 23.6. The molecule has 1 fully saturated rings. The minimum atomic E-state index is -0.642. The first-order valence-corrected chi connectivity index (χ1v) is 12.6.